The van der Waals surface area contributed by atoms with Gasteiger partial charge in [-0.1, -0.05) is 38.1 Å². The van der Waals surface area contributed by atoms with Gasteiger partial charge in [0.1, 0.15) is 0 Å². The van der Waals surface area contributed by atoms with Gasteiger partial charge < -0.3 is 11.1 Å². The van der Waals surface area contributed by atoms with Crippen LogP contribution in [0.3, 0.4) is 0 Å². The Kier molecular flexibility index (Phi) is 5.70. The Labute approximate surface area is 103 Å². The Morgan fingerprint density at radius 2 is 1.82 bits per heavy atom. The van der Waals surface area contributed by atoms with Crippen LogP contribution in [-0.4, -0.2) is 12.5 Å². The quantitative estimate of drug-likeness (QED) is 0.789. The first-order valence-corrected chi connectivity index (χ1v) is 6.26. The van der Waals surface area contributed by atoms with E-state index in [1.807, 2.05) is 6.92 Å². The maximum atomic E-state index is 11.7. The first-order chi connectivity index (χ1) is 8.21. The molecule has 0 aliphatic carbocycles. The zero-order valence-corrected chi connectivity index (χ0v) is 10.7. The third-order valence-electron chi connectivity index (χ3n) is 3.05. The van der Waals surface area contributed by atoms with Crippen molar-refractivity contribution in [3.8, 4) is 0 Å². The zero-order chi connectivity index (χ0) is 12.7. The Hall–Kier alpha value is -1.35. The van der Waals surface area contributed by atoms with Gasteiger partial charge in [-0.15, -0.1) is 0 Å². The van der Waals surface area contributed by atoms with Gasteiger partial charge in [-0.05, 0) is 24.0 Å². The molecule has 0 heterocycles. The predicted molar refractivity (Wildman–Crippen MR) is 70.5 cm³/mol. The summed E-state index contributed by atoms with van der Waals surface area (Å²) in [6, 6.07) is 8.31. The van der Waals surface area contributed by atoms with Crippen molar-refractivity contribution < 1.29 is 4.79 Å². The molecule has 0 aromatic heterocycles. The lowest BCUT2D eigenvalue weighted by molar-refractivity contribution is -0.124. The van der Waals surface area contributed by atoms with Crippen LogP contribution in [0.1, 0.15) is 31.4 Å². The highest BCUT2D eigenvalue weighted by atomic mass is 16.1. The predicted octanol–water partition coefficient (Wildman–Crippen LogP) is 1.85. The Balaban J connectivity index is 2.46. The topological polar surface area (TPSA) is 55.1 Å². The van der Waals surface area contributed by atoms with Gasteiger partial charge in [-0.2, -0.15) is 0 Å². The number of hydrogen-bond donors (Lipinski definition) is 2. The van der Waals surface area contributed by atoms with Crippen molar-refractivity contribution >= 4 is 5.91 Å². The number of aryl methyl sites for hydroxylation is 1. The summed E-state index contributed by atoms with van der Waals surface area (Å²) >= 11 is 0. The number of nitrogens with two attached hydrogens (primary N) is 1. The van der Waals surface area contributed by atoms with Gasteiger partial charge in [0.2, 0.25) is 5.91 Å². The maximum Gasteiger partial charge on any atom is 0.224 e. The van der Waals surface area contributed by atoms with Crippen LogP contribution in [-0.2, 0) is 17.8 Å². The molecule has 0 bridgehead atoms. The summed E-state index contributed by atoms with van der Waals surface area (Å²) in [5.41, 5.74) is 7.97. The molecule has 1 aromatic carbocycles. The van der Waals surface area contributed by atoms with E-state index in [2.05, 4.69) is 36.5 Å². The first kappa shape index (κ1) is 13.7. The lowest BCUT2D eigenvalue weighted by Crippen LogP contribution is -2.34. The summed E-state index contributed by atoms with van der Waals surface area (Å²) in [5, 5.41) is 2.92. The van der Waals surface area contributed by atoms with Crippen molar-refractivity contribution in [1.29, 1.82) is 0 Å². The molecule has 94 valence electrons. The van der Waals surface area contributed by atoms with Crippen LogP contribution < -0.4 is 11.1 Å². The van der Waals surface area contributed by atoms with E-state index in [9.17, 15) is 4.79 Å². The van der Waals surface area contributed by atoms with Crippen LogP contribution in [0.25, 0.3) is 0 Å². The fraction of sp³-hybridized carbons (Fsp3) is 0.500. The molecule has 1 rings (SSSR count). The Morgan fingerprint density at radius 3 is 2.29 bits per heavy atom. The Bertz CT molecular complexity index is 342. The molecule has 3 nitrogen and oxygen atoms in total. The average Bonchev–Trinajstić information content (AvgIpc) is 2.38. The van der Waals surface area contributed by atoms with Crippen LogP contribution >= 0.6 is 0 Å². The van der Waals surface area contributed by atoms with E-state index in [-0.39, 0.29) is 11.8 Å². The molecular weight excluding hydrogens is 212 g/mol. The molecule has 0 spiro atoms. The van der Waals surface area contributed by atoms with Crippen LogP contribution in [0.5, 0.6) is 0 Å². The average molecular weight is 234 g/mol. The number of benzene rings is 1. The van der Waals surface area contributed by atoms with Gasteiger partial charge in [-0.3, -0.25) is 4.79 Å². The third kappa shape index (κ3) is 4.19. The molecule has 3 N–H and O–H groups in total. The standard InChI is InChI=1S/C14H22N2O/c1-3-11-5-7-12(8-6-11)10-16-14(17)13(4-2)9-15/h5-8,13H,3-4,9-10,15H2,1-2H3,(H,16,17). The van der Waals surface area contributed by atoms with Crippen molar-refractivity contribution in [2.45, 2.75) is 33.2 Å². The molecule has 17 heavy (non-hydrogen) atoms. The normalized spacial score (nSPS) is 12.2. The maximum absolute atomic E-state index is 11.7. The van der Waals surface area contributed by atoms with E-state index in [1.165, 1.54) is 5.56 Å². The lowest BCUT2D eigenvalue weighted by Gasteiger charge is -2.12. The number of nitrogens with one attached hydrogen (secondary N) is 1. The highest BCUT2D eigenvalue weighted by molar-refractivity contribution is 5.78. The highest BCUT2D eigenvalue weighted by Crippen LogP contribution is 2.06. The summed E-state index contributed by atoms with van der Waals surface area (Å²) in [7, 11) is 0. The molecule has 1 unspecified atom stereocenters. The van der Waals surface area contributed by atoms with Gasteiger partial charge in [-0.25, -0.2) is 0 Å². The van der Waals surface area contributed by atoms with Crippen molar-refractivity contribution in [3.63, 3.8) is 0 Å². The first-order valence-electron chi connectivity index (χ1n) is 6.26. The van der Waals surface area contributed by atoms with E-state index in [0.29, 0.717) is 13.1 Å². The van der Waals surface area contributed by atoms with Crippen LogP contribution in [0.2, 0.25) is 0 Å². The SMILES string of the molecule is CCc1ccc(CNC(=O)C(CC)CN)cc1. The largest absolute Gasteiger partial charge is 0.352 e. The molecule has 1 amide bonds. The van der Waals surface area contributed by atoms with E-state index < -0.39 is 0 Å². The zero-order valence-electron chi connectivity index (χ0n) is 10.7. The van der Waals surface area contributed by atoms with Gasteiger partial charge in [0.25, 0.3) is 0 Å². The highest BCUT2D eigenvalue weighted by Gasteiger charge is 2.13. The summed E-state index contributed by atoms with van der Waals surface area (Å²) in [5.74, 6) is -0.0144. The van der Waals surface area contributed by atoms with Crippen molar-refractivity contribution in [2.24, 2.45) is 11.7 Å². The van der Waals surface area contributed by atoms with Crippen molar-refractivity contribution in [3.05, 3.63) is 35.4 Å². The second-order valence-electron chi connectivity index (χ2n) is 4.23. The molecule has 0 aliphatic rings. The van der Waals surface area contributed by atoms with E-state index in [0.717, 1.165) is 18.4 Å². The van der Waals surface area contributed by atoms with E-state index >= 15 is 0 Å². The number of hydrogen-bond acceptors (Lipinski definition) is 2. The monoisotopic (exact) mass is 234 g/mol. The lowest BCUT2D eigenvalue weighted by atomic mass is 10.1. The minimum Gasteiger partial charge on any atom is -0.352 e. The second-order valence-corrected chi connectivity index (χ2v) is 4.23. The molecule has 1 aromatic rings. The number of carbonyl (C=O) groups excluding carboxylic acids is 1. The molecule has 0 fully saturated rings. The van der Waals surface area contributed by atoms with Crippen molar-refractivity contribution in [2.75, 3.05) is 6.54 Å². The van der Waals surface area contributed by atoms with Gasteiger partial charge in [0, 0.05) is 19.0 Å². The minimum absolute atomic E-state index is 0.0505. The van der Waals surface area contributed by atoms with Crippen LogP contribution in [0.4, 0.5) is 0 Å². The molecular formula is C14H22N2O. The van der Waals surface area contributed by atoms with Gasteiger partial charge in [0.05, 0.1) is 0 Å². The molecule has 3 heteroatoms. The van der Waals surface area contributed by atoms with E-state index in [4.69, 9.17) is 5.73 Å². The number of carbonyl (C=O) groups is 1. The minimum atomic E-state index is -0.0649. The van der Waals surface area contributed by atoms with Gasteiger partial charge >= 0.3 is 0 Å². The smallest absolute Gasteiger partial charge is 0.224 e. The third-order valence-corrected chi connectivity index (χ3v) is 3.05. The van der Waals surface area contributed by atoms with Crippen LogP contribution in [0.15, 0.2) is 24.3 Å². The summed E-state index contributed by atoms with van der Waals surface area (Å²) in [4.78, 5) is 11.7. The van der Waals surface area contributed by atoms with Crippen molar-refractivity contribution in [1.82, 2.24) is 5.32 Å². The molecule has 1 atom stereocenters. The summed E-state index contributed by atoms with van der Waals surface area (Å²) in [6.45, 7) is 5.10. The molecule has 0 radical (unpaired) electrons. The fourth-order valence-corrected chi connectivity index (χ4v) is 1.69. The van der Waals surface area contributed by atoms with Gasteiger partial charge in [0.15, 0.2) is 0 Å². The number of amides is 1. The molecule has 0 saturated carbocycles. The molecule has 0 saturated heterocycles. The molecule has 0 aliphatic heterocycles. The fourth-order valence-electron chi connectivity index (χ4n) is 1.69. The number of rotatable bonds is 6. The van der Waals surface area contributed by atoms with E-state index in [1.54, 1.807) is 0 Å². The second kappa shape index (κ2) is 7.07. The Morgan fingerprint density at radius 1 is 1.24 bits per heavy atom. The van der Waals surface area contributed by atoms with Crippen LogP contribution in [0, 0.1) is 5.92 Å². The summed E-state index contributed by atoms with van der Waals surface area (Å²) in [6.07, 6.45) is 1.83. The summed E-state index contributed by atoms with van der Waals surface area (Å²) < 4.78 is 0.